The van der Waals surface area contributed by atoms with Crippen LogP contribution in [0, 0.1) is 0 Å². The van der Waals surface area contributed by atoms with Crippen molar-refractivity contribution in [2.24, 2.45) is 0 Å². The highest BCUT2D eigenvalue weighted by atomic mass is 35.5. The molecule has 3 rings (SSSR count). The number of thioether (sulfide) groups is 1. The minimum Gasteiger partial charge on any atom is -0.467 e. The molecular weight excluding hydrogens is 390 g/mol. The second kappa shape index (κ2) is 8.49. The summed E-state index contributed by atoms with van der Waals surface area (Å²) in [4.78, 5) is 38.8. The van der Waals surface area contributed by atoms with E-state index in [1.54, 1.807) is 24.3 Å². The first-order valence-corrected chi connectivity index (χ1v) is 9.48. The minimum atomic E-state index is -0.556. The molecule has 9 heteroatoms. The van der Waals surface area contributed by atoms with Gasteiger partial charge in [0.2, 0.25) is 17.7 Å². The van der Waals surface area contributed by atoms with Gasteiger partial charge in [0.25, 0.3) is 0 Å². The molecule has 0 spiro atoms. The van der Waals surface area contributed by atoms with Crippen molar-refractivity contribution in [3.63, 3.8) is 0 Å². The van der Waals surface area contributed by atoms with Crippen molar-refractivity contribution in [1.82, 2.24) is 10.2 Å². The summed E-state index contributed by atoms with van der Waals surface area (Å²) in [5.74, 6) is -0.207. The van der Waals surface area contributed by atoms with Gasteiger partial charge in [0.05, 0.1) is 30.3 Å². The number of likely N-dealkylation sites (N-methyl/N-ethyl adjacent to an activating group) is 1. The number of nitrogens with one attached hydrogen (secondary N) is 2. The summed E-state index contributed by atoms with van der Waals surface area (Å²) >= 11 is 7.24. The van der Waals surface area contributed by atoms with E-state index in [4.69, 9.17) is 16.0 Å². The number of carbonyl (C=O) groups is 3. The molecule has 7 nitrogen and oxygen atoms in total. The van der Waals surface area contributed by atoms with E-state index in [0.717, 1.165) is 4.90 Å². The third-order valence-electron chi connectivity index (χ3n) is 3.97. The SMILES string of the molecule is CN(CC(=O)NCc1ccco1)C(=O)C[C@H]1Sc2ccc(Cl)cc2NC1=O. The smallest absolute Gasteiger partial charge is 0.239 e. The van der Waals surface area contributed by atoms with Gasteiger partial charge in [-0.25, -0.2) is 0 Å². The van der Waals surface area contributed by atoms with Crippen LogP contribution in [0.5, 0.6) is 0 Å². The molecule has 0 aliphatic carbocycles. The third kappa shape index (κ3) is 5.05. The van der Waals surface area contributed by atoms with Crippen LogP contribution in [0.25, 0.3) is 0 Å². The van der Waals surface area contributed by atoms with E-state index in [0.29, 0.717) is 16.5 Å². The molecule has 0 unspecified atom stereocenters. The Morgan fingerprint density at radius 3 is 2.93 bits per heavy atom. The van der Waals surface area contributed by atoms with Crippen molar-refractivity contribution < 1.29 is 18.8 Å². The van der Waals surface area contributed by atoms with Gasteiger partial charge in [-0.1, -0.05) is 11.6 Å². The van der Waals surface area contributed by atoms with E-state index >= 15 is 0 Å². The molecule has 1 aromatic carbocycles. The molecule has 0 saturated heterocycles. The fourth-order valence-corrected chi connectivity index (χ4v) is 3.78. The van der Waals surface area contributed by atoms with Crippen molar-refractivity contribution in [2.45, 2.75) is 23.1 Å². The first kappa shape index (κ1) is 19.3. The highest BCUT2D eigenvalue weighted by Gasteiger charge is 2.30. The Bertz CT molecular complexity index is 856. The van der Waals surface area contributed by atoms with Crippen LogP contribution in [-0.2, 0) is 20.9 Å². The van der Waals surface area contributed by atoms with Gasteiger partial charge in [-0.05, 0) is 30.3 Å². The van der Waals surface area contributed by atoms with E-state index in [1.165, 1.54) is 30.0 Å². The van der Waals surface area contributed by atoms with Crippen LogP contribution < -0.4 is 10.6 Å². The maximum Gasteiger partial charge on any atom is 0.239 e. The Morgan fingerprint density at radius 1 is 1.37 bits per heavy atom. The van der Waals surface area contributed by atoms with Crippen LogP contribution in [0.3, 0.4) is 0 Å². The number of hydrogen-bond acceptors (Lipinski definition) is 5. The van der Waals surface area contributed by atoms with Crippen LogP contribution in [0.4, 0.5) is 5.69 Å². The van der Waals surface area contributed by atoms with Gasteiger partial charge in [-0.2, -0.15) is 0 Å². The molecule has 0 bridgehead atoms. The van der Waals surface area contributed by atoms with Gasteiger partial charge >= 0.3 is 0 Å². The number of nitrogens with zero attached hydrogens (tertiary/aromatic N) is 1. The summed E-state index contributed by atoms with van der Waals surface area (Å²) in [6.45, 7) is 0.166. The molecule has 2 N–H and O–H groups in total. The van der Waals surface area contributed by atoms with Crippen LogP contribution in [-0.4, -0.2) is 41.5 Å². The van der Waals surface area contributed by atoms with Crippen molar-refractivity contribution >= 4 is 46.8 Å². The average molecular weight is 408 g/mol. The molecule has 0 radical (unpaired) electrons. The van der Waals surface area contributed by atoms with E-state index in [1.807, 2.05) is 6.07 Å². The van der Waals surface area contributed by atoms with E-state index in [-0.39, 0.29) is 37.2 Å². The number of benzene rings is 1. The van der Waals surface area contributed by atoms with Crippen molar-refractivity contribution in [3.05, 3.63) is 47.4 Å². The zero-order valence-corrected chi connectivity index (χ0v) is 16.1. The summed E-state index contributed by atoms with van der Waals surface area (Å²) in [5, 5.41) is 5.42. The molecule has 2 aromatic rings. The highest BCUT2D eigenvalue weighted by Crippen LogP contribution is 2.38. The monoisotopic (exact) mass is 407 g/mol. The average Bonchev–Trinajstić information content (AvgIpc) is 3.14. The van der Waals surface area contributed by atoms with Crippen molar-refractivity contribution in [3.8, 4) is 0 Å². The van der Waals surface area contributed by atoms with Gasteiger partial charge in [-0.3, -0.25) is 14.4 Å². The molecule has 142 valence electrons. The fraction of sp³-hybridized carbons (Fsp3) is 0.278. The molecule has 27 heavy (non-hydrogen) atoms. The molecule has 1 aliphatic rings. The normalized spacial score (nSPS) is 15.6. The molecular formula is C18H18ClN3O4S. The molecule has 3 amide bonds. The van der Waals surface area contributed by atoms with E-state index in [9.17, 15) is 14.4 Å². The second-order valence-electron chi connectivity index (χ2n) is 6.05. The summed E-state index contributed by atoms with van der Waals surface area (Å²) < 4.78 is 5.13. The largest absolute Gasteiger partial charge is 0.467 e. The summed E-state index contributed by atoms with van der Waals surface area (Å²) in [5.41, 5.74) is 0.645. The third-order valence-corrected chi connectivity index (χ3v) is 5.48. The Labute approximate surface area is 165 Å². The number of anilines is 1. The zero-order valence-electron chi connectivity index (χ0n) is 14.5. The summed E-state index contributed by atoms with van der Waals surface area (Å²) in [7, 11) is 1.54. The number of furan rings is 1. The second-order valence-corrected chi connectivity index (χ2v) is 7.73. The van der Waals surface area contributed by atoms with E-state index < -0.39 is 5.25 Å². The molecule has 1 aromatic heterocycles. The molecule has 1 atom stereocenters. The van der Waals surface area contributed by atoms with Gasteiger partial charge < -0.3 is 20.0 Å². The van der Waals surface area contributed by atoms with E-state index in [2.05, 4.69) is 10.6 Å². The van der Waals surface area contributed by atoms with Gasteiger partial charge in [0, 0.05) is 23.4 Å². The molecule has 2 heterocycles. The van der Waals surface area contributed by atoms with Gasteiger partial charge in [0.15, 0.2) is 0 Å². The van der Waals surface area contributed by atoms with Crippen LogP contribution in [0.2, 0.25) is 5.02 Å². The Kier molecular flexibility index (Phi) is 6.08. The van der Waals surface area contributed by atoms with Crippen molar-refractivity contribution in [2.75, 3.05) is 18.9 Å². The fourth-order valence-electron chi connectivity index (χ4n) is 2.53. The topological polar surface area (TPSA) is 91.7 Å². The first-order valence-electron chi connectivity index (χ1n) is 8.22. The lowest BCUT2D eigenvalue weighted by Gasteiger charge is -2.25. The minimum absolute atomic E-state index is 0.000526. The number of carbonyl (C=O) groups excluding carboxylic acids is 3. The highest BCUT2D eigenvalue weighted by molar-refractivity contribution is 8.01. The lowest BCUT2D eigenvalue weighted by Crippen LogP contribution is -2.40. The van der Waals surface area contributed by atoms with Crippen LogP contribution in [0.15, 0.2) is 45.9 Å². The molecule has 0 fully saturated rings. The lowest BCUT2D eigenvalue weighted by atomic mass is 10.2. The Balaban J connectivity index is 1.51. The number of halogens is 1. The van der Waals surface area contributed by atoms with Crippen molar-refractivity contribution in [1.29, 1.82) is 0 Å². The Morgan fingerprint density at radius 2 is 2.19 bits per heavy atom. The van der Waals surface area contributed by atoms with Crippen LogP contribution >= 0.6 is 23.4 Å². The first-order chi connectivity index (χ1) is 12.9. The quantitative estimate of drug-likeness (QED) is 0.767. The molecule has 0 saturated carbocycles. The zero-order chi connectivity index (χ0) is 19.4. The van der Waals surface area contributed by atoms with Gasteiger partial charge in [0.1, 0.15) is 5.76 Å². The number of rotatable bonds is 6. The summed E-state index contributed by atoms with van der Waals surface area (Å²) in [6.07, 6.45) is 1.52. The number of amides is 3. The lowest BCUT2D eigenvalue weighted by molar-refractivity contribution is -0.135. The summed E-state index contributed by atoms with van der Waals surface area (Å²) in [6, 6.07) is 8.70. The standard InChI is InChI=1S/C18H18ClN3O4S/c1-22(10-16(23)20-9-12-3-2-6-26-12)17(24)8-15-18(25)21-13-7-11(19)4-5-14(13)27-15/h2-7,15H,8-10H2,1H3,(H,20,23)(H,21,25)/t15-/m1/s1. The predicted octanol–water partition coefficient (Wildman–Crippen LogP) is 2.51. The van der Waals surface area contributed by atoms with Gasteiger partial charge in [-0.15, -0.1) is 11.8 Å². The van der Waals surface area contributed by atoms with Crippen LogP contribution in [0.1, 0.15) is 12.2 Å². The predicted molar refractivity (Wildman–Crippen MR) is 103 cm³/mol. The Hall–Kier alpha value is -2.45. The number of hydrogen-bond donors (Lipinski definition) is 2. The molecule has 1 aliphatic heterocycles. The maximum atomic E-state index is 12.4. The maximum absolute atomic E-state index is 12.4. The number of fused-ring (bicyclic) bond motifs is 1.